The van der Waals surface area contributed by atoms with Gasteiger partial charge in [0.05, 0.1) is 5.54 Å². The van der Waals surface area contributed by atoms with Gasteiger partial charge >= 0.3 is 0 Å². The highest BCUT2D eigenvalue weighted by molar-refractivity contribution is 5.98. The zero-order chi connectivity index (χ0) is 13.0. The van der Waals surface area contributed by atoms with Gasteiger partial charge in [0.2, 0.25) is 5.91 Å². The average molecular weight is 250 g/mol. The quantitative estimate of drug-likeness (QED) is 0.862. The highest BCUT2D eigenvalue weighted by Crippen LogP contribution is 2.26. The highest BCUT2D eigenvalue weighted by Gasteiger charge is 2.39. The maximum atomic E-state index is 12.8. The van der Waals surface area contributed by atoms with Gasteiger partial charge in [0.25, 0.3) is 0 Å². The van der Waals surface area contributed by atoms with Crippen molar-refractivity contribution >= 4 is 11.6 Å². The summed E-state index contributed by atoms with van der Waals surface area (Å²) in [7, 11) is 0. The first kappa shape index (κ1) is 13.0. The highest BCUT2D eigenvalue weighted by atomic mass is 19.1. The molecule has 1 atom stereocenters. The fourth-order valence-corrected chi connectivity index (χ4v) is 2.54. The van der Waals surface area contributed by atoms with Crippen LogP contribution in [-0.2, 0) is 4.79 Å². The minimum atomic E-state index is -0.441. The monoisotopic (exact) mass is 250 g/mol. The van der Waals surface area contributed by atoms with Gasteiger partial charge in [-0.15, -0.1) is 0 Å². The first-order valence-corrected chi connectivity index (χ1v) is 6.48. The van der Waals surface area contributed by atoms with E-state index in [-0.39, 0.29) is 11.7 Å². The molecule has 1 aromatic rings. The number of carbonyl (C=O) groups is 1. The number of hydrogen-bond acceptors (Lipinski definition) is 2. The number of amides is 1. The van der Waals surface area contributed by atoms with E-state index in [2.05, 4.69) is 17.6 Å². The molecule has 0 radical (unpaired) electrons. The molecular formula is C14H19FN2O. The first-order chi connectivity index (χ1) is 8.66. The fraction of sp³-hybridized carbons (Fsp3) is 0.500. The zero-order valence-corrected chi connectivity index (χ0v) is 10.6. The van der Waals surface area contributed by atoms with Crippen LogP contribution >= 0.6 is 0 Å². The molecule has 98 valence electrons. The summed E-state index contributed by atoms with van der Waals surface area (Å²) in [5, 5.41) is 6.18. The van der Waals surface area contributed by atoms with E-state index in [1.165, 1.54) is 12.1 Å². The van der Waals surface area contributed by atoms with Crippen LogP contribution in [0.4, 0.5) is 10.1 Å². The summed E-state index contributed by atoms with van der Waals surface area (Å²) in [6.07, 6.45) is 3.69. The lowest BCUT2D eigenvalue weighted by molar-refractivity contribution is -0.122. The molecule has 1 unspecified atom stereocenters. The minimum absolute atomic E-state index is 0.00606. The van der Waals surface area contributed by atoms with Crippen LogP contribution in [0.15, 0.2) is 24.3 Å². The third-order valence-corrected chi connectivity index (χ3v) is 3.46. The summed E-state index contributed by atoms with van der Waals surface area (Å²) >= 11 is 0. The summed E-state index contributed by atoms with van der Waals surface area (Å²) in [4.78, 5) is 12.3. The standard InChI is InChI=1S/C14H19FN2O/c1-2-8-14(9-3-10-16-14)13(18)17-12-6-4-11(15)5-7-12/h4-7,16H,2-3,8-10H2,1H3,(H,17,18). The second kappa shape index (κ2) is 5.48. The summed E-state index contributed by atoms with van der Waals surface area (Å²) < 4.78 is 12.8. The Balaban J connectivity index is 2.07. The molecule has 1 aromatic carbocycles. The fourth-order valence-electron chi connectivity index (χ4n) is 2.54. The summed E-state index contributed by atoms with van der Waals surface area (Å²) in [5.41, 5.74) is 0.203. The van der Waals surface area contributed by atoms with Crippen LogP contribution in [0.1, 0.15) is 32.6 Å². The topological polar surface area (TPSA) is 41.1 Å². The molecule has 1 aliphatic rings. The van der Waals surface area contributed by atoms with Crippen LogP contribution < -0.4 is 10.6 Å². The van der Waals surface area contributed by atoms with Gasteiger partial charge in [-0.05, 0) is 50.1 Å². The molecule has 4 heteroatoms. The van der Waals surface area contributed by atoms with Gasteiger partial charge in [-0.1, -0.05) is 13.3 Å². The number of halogens is 1. The smallest absolute Gasteiger partial charge is 0.244 e. The Labute approximate surface area is 107 Å². The summed E-state index contributed by atoms with van der Waals surface area (Å²) in [5.74, 6) is -0.302. The van der Waals surface area contributed by atoms with Gasteiger partial charge < -0.3 is 10.6 Å². The third kappa shape index (κ3) is 2.70. The maximum Gasteiger partial charge on any atom is 0.244 e. The van der Waals surface area contributed by atoms with Gasteiger partial charge in [0.15, 0.2) is 0 Å². The SMILES string of the molecule is CCCC1(C(=O)Nc2ccc(F)cc2)CCCN1. The Bertz CT molecular complexity index is 410. The summed E-state index contributed by atoms with van der Waals surface area (Å²) in [6.45, 7) is 2.96. The van der Waals surface area contributed by atoms with Crippen LogP contribution in [0.25, 0.3) is 0 Å². The molecule has 2 rings (SSSR count). The molecule has 1 saturated heterocycles. The van der Waals surface area contributed by atoms with E-state index in [1.54, 1.807) is 12.1 Å². The van der Waals surface area contributed by atoms with E-state index in [0.29, 0.717) is 5.69 Å². The predicted octanol–water partition coefficient (Wildman–Crippen LogP) is 2.69. The van der Waals surface area contributed by atoms with Crippen molar-refractivity contribution < 1.29 is 9.18 Å². The van der Waals surface area contributed by atoms with E-state index in [0.717, 1.165) is 32.2 Å². The lowest BCUT2D eigenvalue weighted by Crippen LogP contribution is -2.50. The molecule has 0 saturated carbocycles. The van der Waals surface area contributed by atoms with Crippen LogP contribution in [0.2, 0.25) is 0 Å². The molecule has 0 aromatic heterocycles. The van der Waals surface area contributed by atoms with E-state index < -0.39 is 5.54 Å². The molecule has 18 heavy (non-hydrogen) atoms. The lowest BCUT2D eigenvalue weighted by atomic mass is 9.91. The van der Waals surface area contributed by atoms with Crippen molar-refractivity contribution in [2.75, 3.05) is 11.9 Å². The predicted molar refractivity (Wildman–Crippen MR) is 69.9 cm³/mol. The van der Waals surface area contributed by atoms with Crippen molar-refractivity contribution in [2.24, 2.45) is 0 Å². The summed E-state index contributed by atoms with van der Waals surface area (Å²) in [6, 6.07) is 5.87. The normalized spacial score (nSPS) is 23.0. The molecular weight excluding hydrogens is 231 g/mol. The minimum Gasteiger partial charge on any atom is -0.324 e. The van der Waals surface area contributed by atoms with E-state index in [1.807, 2.05) is 0 Å². The number of hydrogen-bond donors (Lipinski definition) is 2. The van der Waals surface area contributed by atoms with Crippen molar-refractivity contribution in [1.29, 1.82) is 0 Å². The van der Waals surface area contributed by atoms with Crippen molar-refractivity contribution in [2.45, 2.75) is 38.1 Å². The van der Waals surface area contributed by atoms with Crippen LogP contribution in [0.5, 0.6) is 0 Å². The van der Waals surface area contributed by atoms with Crippen molar-refractivity contribution in [3.8, 4) is 0 Å². The largest absolute Gasteiger partial charge is 0.324 e. The van der Waals surface area contributed by atoms with Crippen molar-refractivity contribution in [3.63, 3.8) is 0 Å². The first-order valence-electron chi connectivity index (χ1n) is 6.48. The van der Waals surface area contributed by atoms with E-state index in [9.17, 15) is 9.18 Å². The van der Waals surface area contributed by atoms with E-state index in [4.69, 9.17) is 0 Å². The Morgan fingerprint density at radius 2 is 2.17 bits per heavy atom. The van der Waals surface area contributed by atoms with Gasteiger partial charge in [0.1, 0.15) is 5.82 Å². The second-order valence-corrected chi connectivity index (χ2v) is 4.82. The lowest BCUT2D eigenvalue weighted by Gasteiger charge is -2.27. The molecule has 2 N–H and O–H groups in total. The maximum absolute atomic E-state index is 12.8. The molecule has 1 amide bonds. The molecule has 1 aliphatic heterocycles. The Morgan fingerprint density at radius 1 is 1.44 bits per heavy atom. The van der Waals surface area contributed by atoms with E-state index >= 15 is 0 Å². The average Bonchev–Trinajstić information content (AvgIpc) is 2.82. The molecule has 1 fully saturated rings. The van der Waals surface area contributed by atoms with Crippen LogP contribution in [-0.4, -0.2) is 18.0 Å². The van der Waals surface area contributed by atoms with Crippen molar-refractivity contribution in [3.05, 3.63) is 30.1 Å². The zero-order valence-electron chi connectivity index (χ0n) is 10.6. The number of benzene rings is 1. The Hall–Kier alpha value is -1.42. The third-order valence-electron chi connectivity index (χ3n) is 3.46. The van der Waals surface area contributed by atoms with Gasteiger partial charge in [-0.25, -0.2) is 4.39 Å². The second-order valence-electron chi connectivity index (χ2n) is 4.82. The molecule has 1 heterocycles. The Kier molecular flexibility index (Phi) is 3.97. The van der Waals surface area contributed by atoms with Crippen molar-refractivity contribution in [1.82, 2.24) is 5.32 Å². The van der Waals surface area contributed by atoms with Gasteiger partial charge in [0, 0.05) is 5.69 Å². The molecule has 0 bridgehead atoms. The van der Waals surface area contributed by atoms with Crippen LogP contribution in [0, 0.1) is 5.82 Å². The molecule has 0 aliphatic carbocycles. The Morgan fingerprint density at radius 3 is 2.72 bits per heavy atom. The van der Waals surface area contributed by atoms with Crippen LogP contribution in [0.3, 0.4) is 0 Å². The number of carbonyl (C=O) groups excluding carboxylic acids is 1. The number of nitrogens with one attached hydrogen (secondary N) is 2. The molecule has 0 spiro atoms. The molecule has 3 nitrogen and oxygen atoms in total. The number of rotatable bonds is 4. The number of anilines is 1. The van der Waals surface area contributed by atoms with Gasteiger partial charge in [-0.3, -0.25) is 4.79 Å². The van der Waals surface area contributed by atoms with Gasteiger partial charge in [-0.2, -0.15) is 0 Å².